The Morgan fingerprint density at radius 1 is 1.00 bits per heavy atom. The lowest BCUT2D eigenvalue weighted by molar-refractivity contribution is 0.0664. The molecule has 1 fully saturated rings. The van der Waals surface area contributed by atoms with E-state index < -0.39 is 0 Å². The number of carbonyl (C=O) groups is 1. The van der Waals surface area contributed by atoms with Crippen LogP contribution < -0.4 is 4.74 Å². The molecule has 0 unspecified atom stereocenters. The molecule has 2 heterocycles. The lowest BCUT2D eigenvalue weighted by atomic mass is 10.0. The SMILES string of the molecule is CN1CCN(C(=O)c2ccc3cc(CCOc4ccnc5ccc(C#N)cc45)ccc3c2)CC1. The number of fused-ring (bicyclic) bond motifs is 2. The van der Waals surface area contributed by atoms with E-state index in [1.165, 1.54) is 5.56 Å². The number of benzene rings is 3. The number of pyridine rings is 1. The van der Waals surface area contributed by atoms with Crippen LogP contribution in [0, 0.1) is 11.3 Å². The quantitative estimate of drug-likeness (QED) is 0.454. The molecule has 0 bridgehead atoms. The molecule has 1 saturated heterocycles. The van der Waals surface area contributed by atoms with Gasteiger partial charge in [0.25, 0.3) is 5.91 Å². The number of carbonyl (C=O) groups excluding carboxylic acids is 1. The third-order valence-electron chi connectivity index (χ3n) is 6.42. The summed E-state index contributed by atoms with van der Waals surface area (Å²) in [6, 6.07) is 21.7. The van der Waals surface area contributed by atoms with Crippen LogP contribution in [0.5, 0.6) is 5.75 Å². The highest BCUT2D eigenvalue weighted by molar-refractivity contribution is 5.98. The fraction of sp³-hybridized carbons (Fsp3) is 0.250. The number of likely N-dealkylation sites (N-methyl/N-ethyl adjacent to an activating group) is 1. The Morgan fingerprint density at radius 2 is 1.79 bits per heavy atom. The van der Waals surface area contributed by atoms with Gasteiger partial charge in [-0.05, 0) is 59.8 Å². The van der Waals surface area contributed by atoms with Crippen molar-refractivity contribution in [3.8, 4) is 11.8 Å². The summed E-state index contributed by atoms with van der Waals surface area (Å²) >= 11 is 0. The van der Waals surface area contributed by atoms with Gasteiger partial charge in [-0.25, -0.2) is 0 Å². The first kappa shape index (κ1) is 21.9. The molecule has 1 aromatic heterocycles. The Labute approximate surface area is 199 Å². The van der Waals surface area contributed by atoms with E-state index in [0.717, 1.165) is 65.6 Å². The van der Waals surface area contributed by atoms with E-state index in [4.69, 9.17) is 4.74 Å². The number of aromatic nitrogens is 1. The zero-order chi connectivity index (χ0) is 23.5. The first-order chi connectivity index (χ1) is 16.6. The molecule has 0 radical (unpaired) electrons. The molecule has 1 amide bonds. The summed E-state index contributed by atoms with van der Waals surface area (Å²) in [4.78, 5) is 21.4. The van der Waals surface area contributed by atoms with Crippen molar-refractivity contribution in [3.63, 3.8) is 0 Å². The Hall–Kier alpha value is -3.95. The molecule has 34 heavy (non-hydrogen) atoms. The van der Waals surface area contributed by atoms with Crippen LogP contribution in [0.25, 0.3) is 21.7 Å². The van der Waals surface area contributed by atoms with Gasteiger partial charge in [0.15, 0.2) is 0 Å². The van der Waals surface area contributed by atoms with Crippen molar-refractivity contribution in [2.45, 2.75) is 6.42 Å². The molecule has 0 spiro atoms. The molecule has 0 saturated carbocycles. The van der Waals surface area contributed by atoms with Crippen LogP contribution in [0.3, 0.4) is 0 Å². The third kappa shape index (κ3) is 4.57. The summed E-state index contributed by atoms with van der Waals surface area (Å²) in [5.41, 5.74) is 3.31. The Kier molecular flexibility index (Phi) is 6.11. The minimum atomic E-state index is 0.108. The number of nitrogens with zero attached hydrogens (tertiary/aromatic N) is 4. The molecule has 0 N–H and O–H groups in total. The summed E-state index contributed by atoms with van der Waals surface area (Å²) < 4.78 is 6.06. The van der Waals surface area contributed by atoms with Gasteiger partial charge in [0.2, 0.25) is 0 Å². The molecule has 170 valence electrons. The van der Waals surface area contributed by atoms with E-state index in [0.29, 0.717) is 12.2 Å². The van der Waals surface area contributed by atoms with Crippen LogP contribution in [0.15, 0.2) is 66.9 Å². The van der Waals surface area contributed by atoms with Crippen LogP contribution in [0.1, 0.15) is 21.5 Å². The average molecular weight is 451 g/mol. The summed E-state index contributed by atoms with van der Waals surface area (Å²) in [6.45, 7) is 3.90. The number of amides is 1. The molecule has 0 aliphatic carbocycles. The van der Waals surface area contributed by atoms with Gasteiger partial charge >= 0.3 is 0 Å². The van der Waals surface area contributed by atoms with E-state index in [1.54, 1.807) is 12.3 Å². The monoisotopic (exact) mass is 450 g/mol. The molecule has 4 aromatic rings. The standard InChI is InChI=1S/C28H26N4O2/c1-31-11-13-32(14-12-31)28(33)24-6-5-22-16-20(2-4-23(22)18-24)9-15-34-27-8-10-30-26-7-3-21(19-29)17-25(26)27/h2-8,10,16-18H,9,11-15H2,1H3. The highest BCUT2D eigenvalue weighted by Gasteiger charge is 2.20. The van der Waals surface area contributed by atoms with E-state index in [9.17, 15) is 10.1 Å². The smallest absolute Gasteiger partial charge is 0.253 e. The van der Waals surface area contributed by atoms with Crippen molar-refractivity contribution >= 4 is 27.6 Å². The maximum absolute atomic E-state index is 12.9. The minimum Gasteiger partial charge on any atom is -0.492 e. The van der Waals surface area contributed by atoms with E-state index >= 15 is 0 Å². The molecule has 0 atom stereocenters. The zero-order valence-electron chi connectivity index (χ0n) is 19.2. The van der Waals surface area contributed by atoms with Crippen LogP contribution in [0.4, 0.5) is 0 Å². The number of hydrogen-bond donors (Lipinski definition) is 0. The number of rotatable bonds is 5. The zero-order valence-corrected chi connectivity index (χ0v) is 19.2. The first-order valence-electron chi connectivity index (χ1n) is 11.5. The van der Waals surface area contributed by atoms with Crippen molar-refractivity contribution in [3.05, 3.63) is 83.6 Å². The van der Waals surface area contributed by atoms with E-state index in [-0.39, 0.29) is 5.91 Å². The second-order valence-corrected chi connectivity index (χ2v) is 8.74. The summed E-state index contributed by atoms with van der Waals surface area (Å²) in [5, 5.41) is 12.2. The van der Waals surface area contributed by atoms with Crippen LogP contribution >= 0.6 is 0 Å². The lowest BCUT2D eigenvalue weighted by Gasteiger charge is -2.32. The molecule has 5 rings (SSSR count). The normalized spacial score (nSPS) is 14.3. The Bertz CT molecular complexity index is 1400. The van der Waals surface area contributed by atoms with Crippen LogP contribution in [-0.2, 0) is 6.42 Å². The first-order valence-corrected chi connectivity index (χ1v) is 11.5. The summed E-state index contributed by atoms with van der Waals surface area (Å²) in [7, 11) is 2.09. The van der Waals surface area contributed by atoms with Crippen molar-refractivity contribution in [2.24, 2.45) is 0 Å². The lowest BCUT2D eigenvalue weighted by Crippen LogP contribution is -2.47. The second-order valence-electron chi connectivity index (χ2n) is 8.74. The van der Waals surface area contributed by atoms with Crippen molar-refractivity contribution < 1.29 is 9.53 Å². The molecule has 1 aliphatic rings. The molecule has 6 nitrogen and oxygen atoms in total. The number of nitriles is 1. The van der Waals surface area contributed by atoms with Gasteiger partial charge in [-0.2, -0.15) is 5.26 Å². The predicted molar refractivity (Wildman–Crippen MR) is 133 cm³/mol. The topological polar surface area (TPSA) is 69.5 Å². The van der Waals surface area contributed by atoms with E-state index in [1.807, 2.05) is 41.3 Å². The molecule has 1 aliphatic heterocycles. The van der Waals surface area contributed by atoms with Gasteiger partial charge in [0, 0.05) is 49.7 Å². The fourth-order valence-corrected chi connectivity index (χ4v) is 4.37. The van der Waals surface area contributed by atoms with Gasteiger partial charge in [0.1, 0.15) is 5.75 Å². The largest absolute Gasteiger partial charge is 0.492 e. The Morgan fingerprint density at radius 3 is 2.62 bits per heavy atom. The molecule has 6 heteroatoms. The maximum Gasteiger partial charge on any atom is 0.253 e. The highest BCUT2D eigenvalue weighted by atomic mass is 16.5. The maximum atomic E-state index is 12.9. The minimum absolute atomic E-state index is 0.108. The van der Waals surface area contributed by atoms with Gasteiger partial charge in [0.05, 0.1) is 23.8 Å². The van der Waals surface area contributed by atoms with E-state index in [2.05, 4.69) is 41.2 Å². The van der Waals surface area contributed by atoms with Crippen molar-refractivity contribution in [1.82, 2.24) is 14.8 Å². The van der Waals surface area contributed by atoms with Gasteiger partial charge in [-0.1, -0.05) is 24.3 Å². The molecule has 3 aromatic carbocycles. The van der Waals surface area contributed by atoms with Crippen molar-refractivity contribution in [2.75, 3.05) is 39.8 Å². The predicted octanol–water partition coefficient (Wildman–Crippen LogP) is 4.27. The summed E-state index contributed by atoms with van der Waals surface area (Å²) in [6.07, 6.45) is 2.47. The molecular weight excluding hydrogens is 424 g/mol. The summed E-state index contributed by atoms with van der Waals surface area (Å²) in [5.74, 6) is 0.839. The third-order valence-corrected chi connectivity index (χ3v) is 6.42. The molecular formula is C28H26N4O2. The fourth-order valence-electron chi connectivity index (χ4n) is 4.37. The average Bonchev–Trinajstić information content (AvgIpc) is 2.88. The number of piperazine rings is 1. The highest BCUT2D eigenvalue weighted by Crippen LogP contribution is 2.25. The Balaban J connectivity index is 1.26. The number of hydrogen-bond acceptors (Lipinski definition) is 5. The van der Waals surface area contributed by atoms with Crippen molar-refractivity contribution in [1.29, 1.82) is 5.26 Å². The second kappa shape index (κ2) is 9.50. The number of ether oxygens (including phenoxy) is 1. The van der Waals surface area contributed by atoms with Gasteiger partial charge < -0.3 is 14.5 Å². The van der Waals surface area contributed by atoms with Crippen LogP contribution in [0.2, 0.25) is 0 Å². The van der Waals surface area contributed by atoms with Crippen LogP contribution in [-0.4, -0.2) is 60.5 Å². The van der Waals surface area contributed by atoms with Gasteiger partial charge in [-0.15, -0.1) is 0 Å². The van der Waals surface area contributed by atoms with Gasteiger partial charge in [-0.3, -0.25) is 9.78 Å².